The standard InChI is InChI=1S/C12H18BrFN2/c1-16(2)8-4-7-15-9-10-5-3-6-11(14)12(10)13/h3,5-6,15H,4,7-9H2,1-2H3. The highest BCUT2D eigenvalue weighted by molar-refractivity contribution is 9.10. The molecule has 16 heavy (non-hydrogen) atoms. The third-order valence-corrected chi connectivity index (χ3v) is 3.19. The average Bonchev–Trinajstić information content (AvgIpc) is 2.23. The van der Waals surface area contributed by atoms with E-state index in [1.165, 1.54) is 6.07 Å². The summed E-state index contributed by atoms with van der Waals surface area (Å²) in [6.45, 7) is 2.71. The maximum absolute atomic E-state index is 13.2. The number of nitrogens with zero attached hydrogens (tertiary/aromatic N) is 1. The first-order valence-electron chi connectivity index (χ1n) is 5.39. The van der Waals surface area contributed by atoms with Gasteiger partial charge in [-0.05, 0) is 61.2 Å². The Labute approximate surface area is 105 Å². The van der Waals surface area contributed by atoms with E-state index in [1.54, 1.807) is 6.07 Å². The molecule has 0 heterocycles. The molecule has 0 aromatic heterocycles. The number of benzene rings is 1. The van der Waals surface area contributed by atoms with Crippen LogP contribution >= 0.6 is 15.9 Å². The van der Waals surface area contributed by atoms with Crippen LogP contribution in [0.2, 0.25) is 0 Å². The Bertz CT molecular complexity index is 329. The van der Waals surface area contributed by atoms with Gasteiger partial charge in [0.25, 0.3) is 0 Å². The molecule has 0 atom stereocenters. The highest BCUT2D eigenvalue weighted by Gasteiger charge is 2.03. The maximum atomic E-state index is 13.2. The first-order valence-corrected chi connectivity index (χ1v) is 6.19. The predicted molar refractivity (Wildman–Crippen MR) is 69.0 cm³/mol. The molecule has 0 unspecified atom stereocenters. The van der Waals surface area contributed by atoms with Crippen molar-refractivity contribution in [3.8, 4) is 0 Å². The zero-order valence-electron chi connectivity index (χ0n) is 9.76. The largest absolute Gasteiger partial charge is 0.313 e. The zero-order chi connectivity index (χ0) is 12.0. The topological polar surface area (TPSA) is 15.3 Å². The van der Waals surface area contributed by atoms with Gasteiger partial charge in [0.1, 0.15) is 5.82 Å². The molecule has 0 aliphatic heterocycles. The van der Waals surface area contributed by atoms with E-state index in [4.69, 9.17) is 0 Å². The maximum Gasteiger partial charge on any atom is 0.137 e. The fraction of sp³-hybridized carbons (Fsp3) is 0.500. The second-order valence-corrected chi connectivity index (χ2v) is 4.84. The van der Waals surface area contributed by atoms with E-state index in [1.807, 2.05) is 6.07 Å². The van der Waals surface area contributed by atoms with E-state index < -0.39 is 0 Å². The molecule has 1 N–H and O–H groups in total. The molecule has 1 aromatic carbocycles. The second-order valence-electron chi connectivity index (χ2n) is 4.05. The minimum Gasteiger partial charge on any atom is -0.313 e. The van der Waals surface area contributed by atoms with E-state index in [0.29, 0.717) is 11.0 Å². The van der Waals surface area contributed by atoms with Crippen LogP contribution in [0.4, 0.5) is 4.39 Å². The first kappa shape index (κ1) is 13.6. The molecule has 1 rings (SSSR count). The predicted octanol–water partition coefficient (Wildman–Crippen LogP) is 2.63. The summed E-state index contributed by atoms with van der Waals surface area (Å²) in [7, 11) is 4.12. The summed E-state index contributed by atoms with van der Waals surface area (Å²) < 4.78 is 13.7. The molecular weight excluding hydrogens is 271 g/mol. The molecule has 0 fully saturated rings. The SMILES string of the molecule is CN(C)CCCNCc1cccc(F)c1Br. The van der Waals surface area contributed by atoms with Crippen molar-refractivity contribution in [2.75, 3.05) is 27.2 Å². The lowest BCUT2D eigenvalue weighted by Gasteiger charge is -2.10. The van der Waals surface area contributed by atoms with Gasteiger partial charge in [-0.2, -0.15) is 0 Å². The minimum atomic E-state index is -0.201. The molecule has 2 nitrogen and oxygen atoms in total. The minimum absolute atomic E-state index is 0.201. The number of nitrogens with one attached hydrogen (secondary N) is 1. The molecule has 90 valence electrons. The third kappa shape index (κ3) is 4.60. The summed E-state index contributed by atoms with van der Waals surface area (Å²) in [6, 6.07) is 5.11. The van der Waals surface area contributed by atoms with Crippen molar-refractivity contribution in [3.05, 3.63) is 34.1 Å². The Morgan fingerprint density at radius 2 is 2.12 bits per heavy atom. The van der Waals surface area contributed by atoms with Crippen molar-refractivity contribution in [3.63, 3.8) is 0 Å². The molecular formula is C12H18BrFN2. The average molecular weight is 289 g/mol. The molecule has 1 aromatic rings. The van der Waals surface area contributed by atoms with Gasteiger partial charge in [0.15, 0.2) is 0 Å². The molecule has 0 aliphatic rings. The highest BCUT2D eigenvalue weighted by Crippen LogP contribution is 2.19. The Balaban J connectivity index is 2.29. The van der Waals surface area contributed by atoms with Crippen molar-refractivity contribution >= 4 is 15.9 Å². The van der Waals surface area contributed by atoms with E-state index >= 15 is 0 Å². The number of hydrogen-bond acceptors (Lipinski definition) is 2. The van der Waals surface area contributed by atoms with E-state index in [9.17, 15) is 4.39 Å². The molecule has 0 aliphatic carbocycles. The van der Waals surface area contributed by atoms with Gasteiger partial charge in [0, 0.05) is 6.54 Å². The monoisotopic (exact) mass is 288 g/mol. The number of hydrogen-bond donors (Lipinski definition) is 1. The molecule has 0 radical (unpaired) electrons. The molecule has 0 saturated heterocycles. The van der Waals surface area contributed by atoms with Gasteiger partial charge in [-0.25, -0.2) is 4.39 Å². The Morgan fingerprint density at radius 1 is 1.38 bits per heavy atom. The third-order valence-electron chi connectivity index (χ3n) is 2.31. The van der Waals surface area contributed by atoms with Crippen LogP contribution in [0.1, 0.15) is 12.0 Å². The van der Waals surface area contributed by atoms with Crippen molar-refractivity contribution in [1.29, 1.82) is 0 Å². The molecule has 0 spiro atoms. The molecule has 4 heteroatoms. The lowest BCUT2D eigenvalue weighted by molar-refractivity contribution is 0.394. The van der Waals surface area contributed by atoms with Crippen LogP contribution in [-0.4, -0.2) is 32.1 Å². The normalized spacial score (nSPS) is 11.1. The van der Waals surface area contributed by atoms with Gasteiger partial charge in [-0.15, -0.1) is 0 Å². The van der Waals surface area contributed by atoms with Gasteiger partial charge < -0.3 is 10.2 Å². The second kappa shape index (κ2) is 6.99. The molecule has 0 amide bonds. The fourth-order valence-electron chi connectivity index (χ4n) is 1.43. The summed E-state index contributed by atoms with van der Waals surface area (Å²) in [5.74, 6) is -0.201. The fourth-order valence-corrected chi connectivity index (χ4v) is 1.83. The van der Waals surface area contributed by atoms with Gasteiger partial charge in [0.05, 0.1) is 4.47 Å². The van der Waals surface area contributed by atoms with Crippen molar-refractivity contribution in [1.82, 2.24) is 10.2 Å². The highest BCUT2D eigenvalue weighted by atomic mass is 79.9. The summed E-state index contributed by atoms with van der Waals surface area (Å²) in [4.78, 5) is 2.15. The number of rotatable bonds is 6. The Morgan fingerprint density at radius 3 is 2.81 bits per heavy atom. The van der Waals surface area contributed by atoms with Gasteiger partial charge in [-0.3, -0.25) is 0 Å². The first-order chi connectivity index (χ1) is 7.61. The lowest BCUT2D eigenvalue weighted by atomic mass is 10.2. The van der Waals surface area contributed by atoms with Crippen molar-refractivity contribution < 1.29 is 4.39 Å². The van der Waals surface area contributed by atoms with E-state index in [-0.39, 0.29) is 5.82 Å². The van der Waals surface area contributed by atoms with Gasteiger partial charge in [0.2, 0.25) is 0 Å². The van der Waals surface area contributed by atoms with Crippen LogP contribution in [0.15, 0.2) is 22.7 Å². The van der Waals surface area contributed by atoms with Crippen LogP contribution in [0.3, 0.4) is 0 Å². The van der Waals surface area contributed by atoms with Crippen LogP contribution in [0, 0.1) is 5.82 Å². The lowest BCUT2D eigenvalue weighted by Crippen LogP contribution is -2.21. The van der Waals surface area contributed by atoms with Crippen LogP contribution in [0.25, 0.3) is 0 Å². The van der Waals surface area contributed by atoms with E-state index in [0.717, 1.165) is 25.1 Å². The van der Waals surface area contributed by atoms with Gasteiger partial charge >= 0.3 is 0 Å². The van der Waals surface area contributed by atoms with Crippen LogP contribution in [-0.2, 0) is 6.54 Å². The Hall–Kier alpha value is -0.450. The summed E-state index contributed by atoms with van der Waals surface area (Å²) in [6.07, 6.45) is 1.10. The van der Waals surface area contributed by atoms with Crippen LogP contribution < -0.4 is 5.32 Å². The zero-order valence-corrected chi connectivity index (χ0v) is 11.3. The molecule has 0 saturated carbocycles. The van der Waals surface area contributed by atoms with Crippen LogP contribution in [0.5, 0.6) is 0 Å². The van der Waals surface area contributed by atoms with Crippen molar-refractivity contribution in [2.45, 2.75) is 13.0 Å². The summed E-state index contributed by atoms with van der Waals surface area (Å²) in [5, 5.41) is 3.30. The quantitative estimate of drug-likeness (QED) is 0.810. The number of halogens is 2. The smallest absolute Gasteiger partial charge is 0.137 e. The van der Waals surface area contributed by atoms with E-state index in [2.05, 4.69) is 40.2 Å². The Kier molecular flexibility index (Phi) is 5.95. The molecule has 0 bridgehead atoms. The van der Waals surface area contributed by atoms with Gasteiger partial charge in [-0.1, -0.05) is 12.1 Å². The van der Waals surface area contributed by atoms with Crippen molar-refractivity contribution in [2.24, 2.45) is 0 Å². The summed E-state index contributed by atoms with van der Waals surface area (Å²) >= 11 is 3.25. The summed E-state index contributed by atoms with van der Waals surface area (Å²) in [5.41, 5.74) is 0.963.